The van der Waals surface area contributed by atoms with E-state index in [-0.39, 0.29) is 29.9 Å². The summed E-state index contributed by atoms with van der Waals surface area (Å²) in [7, 11) is 0. The van der Waals surface area contributed by atoms with Crippen molar-refractivity contribution in [2.45, 2.75) is 52.1 Å². The van der Waals surface area contributed by atoms with E-state index in [0.717, 1.165) is 17.3 Å². The number of hydrogen-bond donors (Lipinski definition) is 2. The minimum absolute atomic E-state index is 0. The average Bonchev–Trinajstić information content (AvgIpc) is 2.78. The lowest BCUT2D eigenvalue weighted by Crippen LogP contribution is -2.49. The highest BCUT2D eigenvalue weighted by atomic mass is 79.9. The maximum absolute atomic E-state index is 12.3. The van der Waals surface area contributed by atoms with Crippen LogP contribution in [0.1, 0.15) is 57.1 Å². The van der Waals surface area contributed by atoms with Gasteiger partial charge in [-0.1, -0.05) is 13.8 Å². The van der Waals surface area contributed by atoms with Crippen LogP contribution >= 0.6 is 28.3 Å². The van der Waals surface area contributed by atoms with Gasteiger partial charge in [-0.3, -0.25) is 4.79 Å². The fourth-order valence-electron chi connectivity index (χ4n) is 1.90. The Morgan fingerprint density at radius 1 is 1.45 bits per heavy atom. The Kier molecular flexibility index (Phi) is 7.84. The van der Waals surface area contributed by atoms with Crippen LogP contribution in [0.25, 0.3) is 0 Å². The maximum Gasteiger partial charge on any atom is 0.268 e. The number of nitrogens with zero attached hydrogens (tertiary/aromatic N) is 1. The molecule has 0 atom stereocenters. The summed E-state index contributed by atoms with van der Waals surface area (Å²) in [6, 6.07) is 2.08. The van der Waals surface area contributed by atoms with Gasteiger partial charge in [0.05, 0.1) is 0 Å². The molecular formula is C14H25BrClN3O. The Morgan fingerprint density at radius 3 is 2.45 bits per heavy atom. The molecule has 0 bridgehead atoms. The third-order valence-electron chi connectivity index (χ3n) is 3.61. The van der Waals surface area contributed by atoms with Crippen LogP contribution in [0.15, 0.2) is 16.7 Å². The molecule has 1 aromatic rings. The van der Waals surface area contributed by atoms with Crippen LogP contribution in [-0.2, 0) is 0 Å². The van der Waals surface area contributed by atoms with Gasteiger partial charge in [-0.2, -0.15) is 0 Å². The zero-order chi connectivity index (χ0) is 14.6. The first-order valence-corrected chi connectivity index (χ1v) is 7.56. The summed E-state index contributed by atoms with van der Waals surface area (Å²) in [5.74, 6) is -0.0730. The zero-order valence-electron chi connectivity index (χ0n) is 12.6. The van der Waals surface area contributed by atoms with Crippen LogP contribution in [0, 0.1) is 0 Å². The third-order valence-corrected chi connectivity index (χ3v) is 4.05. The van der Waals surface area contributed by atoms with E-state index in [2.05, 4.69) is 35.1 Å². The van der Waals surface area contributed by atoms with Gasteiger partial charge in [-0.15, -0.1) is 12.4 Å². The average molecular weight is 367 g/mol. The van der Waals surface area contributed by atoms with E-state index in [1.165, 1.54) is 0 Å². The fourth-order valence-corrected chi connectivity index (χ4v) is 2.34. The van der Waals surface area contributed by atoms with Crippen molar-refractivity contribution in [1.82, 2.24) is 9.88 Å². The molecule has 3 N–H and O–H groups in total. The lowest BCUT2D eigenvalue weighted by molar-refractivity contribution is 0.0931. The van der Waals surface area contributed by atoms with E-state index in [4.69, 9.17) is 5.73 Å². The summed E-state index contributed by atoms with van der Waals surface area (Å²) >= 11 is 3.41. The zero-order valence-corrected chi connectivity index (χ0v) is 15.0. The smallest absolute Gasteiger partial charge is 0.268 e. The van der Waals surface area contributed by atoms with Crippen LogP contribution in [0.2, 0.25) is 0 Å². The molecule has 0 spiro atoms. The largest absolute Gasteiger partial charge is 0.349 e. The van der Waals surface area contributed by atoms with Gasteiger partial charge in [0.25, 0.3) is 5.91 Å². The first-order chi connectivity index (χ1) is 8.83. The molecule has 0 aliphatic heterocycles. The summed E-state index contributed by atoms with van der Waals surface area (Å²) in [5, 5.41) is 2.94. The van der Waals surface area contributed by atoms with Gasteiger partial charge in [0.2, 0.25) is 0 Å². The molecule has 0 aliphatic rings. The third kappa shape index (κ3) is 4.79. The summed E-state index contributed by atoms with van der Waals surface area (Å²) in [6.45, 7) is 8.69. The number of carbonyl (C=O) groups is 1. The van der Waals surface area contributed by atoms with Crippen molar-refractivity contribution < 1.29 is 4.79 Å². The van der Waals surface area contributed by atoms with Crippen molar-refractivity contribution in [2.75, 3.05) is 6.54 Å². The van der Waals surface area contributed by atoms with Crippen molar-refractivity contribution in [3.8, 4) is 0 Å². The summed E-state index contributed by atoms with van der Waals surface area (Å²) in [6.07, 6.45) is 3.62. The molecule has 1 rings (SSSR count). The number of amides is 1. The highest BCUT2D eigenvalue weighted by molar-refractivity contribution is 9.10. The Bertz CT molecular complexity index is 442. The highest BCUT2D eigenvalue weighted by Crippen LogP contribution is 2.19. The van der Waals surface area contributed by atoms with Crippen LogP contribution in [0.4, 0.5) is 0 Å². The maximum atomic E-state index is 12.3. The van der Waals surface area contributed by atoms with Gasteiger partial charge in [-0.05, 0) is 48.7 Å². The Morgan fingerprint density at radius 2 is 2.00 bits per heavy atom. The molecular weight excluding hydrogens is 342 g/mol. The molecule has 20 heavy (non-hydrogen) atoms. The topological polar surface area (TPSA) is 60.0 Å². The normalized spacial score (nSPS) is 11.3. The molecule has 116 valence electrons. The van der Waals surface area contributed by atoms with Gasteiger partial charge in [0.15, 0.2) is 0 Å². The molecule has 0 saturated heterocycles. The first-order valence-electron chi connectivity index (χ1n) is 6.77. The van der Waals surface area contributed by atoms with Crippen molar-refractivity contribution in [1.29, 1.82) is 0 Å². The predicted octanol–water partition coefficient (Wildman–Crippen LogP) is 3.50. The van der Waals surface area contributed by atoms with E-state index in [9.17, 15) is 4.79 Å². The van der Waals surface area contributed by atoms with Gasteiger partial charge in [0, 0.05) is 28.8 Å². The number of carbonyl (C=O) groups excluding carboxylic acids is 1. The standard InChI is InChI=1S/C14H24BrN3O.ClH/c1-5-14(16,6-2)9-17-13(19)12-7-11(15)8-18(12)10(3)4;/h7-8,10H,5-6,9,16H2,1-4H3,(H,17,19);1H. The fraction of sp³-hybridized carbons (Fsp3) is 0.643. The molecule has 1 heterocycles. The molecule has 1 amide bonds. The SMILES string of the molecule is CCC(N)(CC)CNC(=O)c1cc(Br)cn1C(C)C.Cl. The van der Waals surface area contributed by atoms with Crippen molar-refractivity contribution in [3.63, 3.8) is 0 Å². The number of rotatable bonds is 6. The second-order valence-corrected chi connectivity index (χ2v) is 6.21. The molecule has 0 saturated carbocycles. The highest BCUT2D eigenvalue weighted by Gasteiger charge is 2.22. The second kappa shape index (κ2) is 8.05. The molecule has 0 unspecified atom stereocenters. The van der Waals surface area contributed by atoms with Crippen molar-refractivity contribution in [3.05, 3.63) is 22.4 Å². The van der Waals surface area contributed by atoms with Crippen LogP contribution in [0.5, 0.6) is 0 Å². The van der Waals surface area contributed by atoms with E-state index in [0.29, 0.717) is 12.2 Å². The minimum Gasteiger partial charge on any atom is -0.349 e. The van der Waals surface area contributed by atoms with Crippen molar-refractivity contribution in [2.24, 2.45) is 5.73 Å². The Balaban J connectivity index is 0.00000361. The molecule has 0 fully saturated rings. The quantitative estimate of drug-likeness (QED) is 0.809. The number of nitrogens with two attached hydrogens (primary N) is 1. The van der Waals surface area contributed by atoms with E-state index < -0.39 is 0 Å². The van der Waals surface area contributed by atoms with E-state index in [1.807, 2.05) is 30.7 Å². The minimum atomic E-state index is -0.317. The summed E-state index contributed by atoms with van der Waals surface area (Å²) in [4.78, 5) is 12.3. The molecule has 1 aromatic heterocycles. The van der Waals surface area contributed by atoms with Crippen LogP contribution in [-0.4, -0.2) is 22.6 Å². The van der Waals surface area contributed by atoms with Gasteiger partial charge in [-0.25, -0.2) is 0 Å². The second-order valence-electron chi connectivity index (χ2n) is 5.30. The Labute approximate surface area is 136 Å². The molecule has 6 heteroatoms. The van der Waals surface area contributed by atoms with Gasteiger partial charge in [0.1, 0.15) is 5.69 Å². The van der Waals surface area contributed by atoms with Crippen molar-refractivity contribution >= 4 is 34.2 Å². The van der Waals surface area contributed by atoms with Gasteiger partial charge >= 0.3 is 0 Å². The monoisotopic (exact) mass is 365 g/mol. The number of aromatic nitrogens is 1. The van der Waals surface area contributed by atoms with E-state index in [1.54, 1.807) is 0 Å². The predicted molar refractivity (Wildman–Crippen MR) is 89.6 cm³/mol. The van der Waals surface area contributed by atoms with Crippen LogP contribution < -0.4 is 11.1 Å². The number of hydrogen-bond acceptors (Lipinski definition) is 2. The first kappa shape index (κ1) is 19.5. The number of halogens is 2. The number of nitrogens with one attached hydrogen (secondary N) is 1. The lowest BCUT2D eigenvalue weighted by atomic mass is 9.94. The molecule has 0 radical (unpaired) electrons. The Hall–Kier alpha value is -0.520. The van der Waals surface area contributed by atoms with E-state index >= 15 is 0 Å². The molecule has 0 aliphatic carbocycles. The van der Waals surface area contributed by atoms with Crippen LogP contribution in [0.3, 0.4) is 0 Å². The molecule has 4 nitrogen and oxygen atoms in total. The summed E-state index contributed by atoms with van der Waals surface area (Å²) in [5.41, 5.74) is 6.54. The van der Waals surface area contributed by atoms with Gasteiger partial charge < -0.3 is 15.6 Å². The summed E-state index contributed by atoms with van der Waals surface area (Å²) < 4.78 is 2.87. The molecule has 0 aromatic carbocycles. The lowest BCUT2D eigenvalue weighted by Gasteiger charge is -2.27.